The molecule has 1 saturated heterocycles. The Kier molecular flexibility index (Phi) is 3.78. The maximum absolute atomic E-state index is 12.2. The summed E-state index contributed by atoms with van der Waals surface area (Å²) in [4.78, 5) is 33.6. The number of carbonyl (C=O) groups excluding carboxylic acids is 3. The first-order chi connectivity index (χ1) is 8.18. The van der Waals surface area contributed by atoms with Gasteiger partial charge in [-0.25, -0.2) is 4.90 Å². The molecule has 0 saturated carbocycles. The van der Waals surface area contributed by atoms with E-state index in [1.54, 1.807) is 0 Å². The summed E-state index contributed by atoms with van der Waals surface area (Å²) in [7, 11) is 0. The van der Waals surface area contributed by atoms with E-state index in [0.717, 1.165) is 0 Å². The lowest BCUT2D eigenvalue weighted by atomic mass is 10.1. The SMILES string of the molecule is C=C(C(=O)N1C(=O)CC1OC(=O)CC)C(F)(F)F. The van der Waals surface area contributed by atoms with Crippen LogP contribution in [0.1, 0.15) is 19.8 Å². The van der Waals surface area contributed by atoms with Crippen LogP contribution in [0.2, 0.25) is 0 Å². The van der Waals surface area contributed by atoms with Gasteiger partial charge in [-0.05, 0) is 0 Å². The molecule has 8 heteroatoms. The number of β-lactam (4-membered cyclic amide) rings is 1. The molecule has 100 valence electrons. The van der Waals surface area contributed by atoms with Crippen molar-refractivity contribution in [2.45, 2.75) is 32.2 Å². The molecule has 0 aliphatic carbocycles. The van der Waals surface area contributed by atoms with Crippen LogP contribution in [0, 0.1) is 0 Å². The zero-order valence-corrected chi connectivity index (χ0v) is 9.41. The number of likely N-dealkylation sites (tertiary alicyclic amines) is 1. The molecule has 0 bridgehead atoms. The third-order valence-electron chi connectivity index (χ3n) is 2.28. The summed E-state index contributed by atoms with van der Waals surface area (Å²) in [5.41, 5.74) is -1.67. The molecule has 1 aliphatic heterocycles. The molecule has 0 aromatic heterocycles. The van der Waals surface area contributed by atoms with Gasteiger partial charge in [0.2, 0.25) is 5.91 Å². The number of rotatable bonds is 3. The van der Waals surface area contributed by atoms with Crippen LogP contribution in [0.4, 0.5) is 13.2 Å². The molecule has 1 aliphatic rings. The molecule has 18 heavy (non-hydrogen) atoms. The van der Waals surface area contributed by atoms with E-state index in [1.165, 1.54) is 6.92 Å². The number of nitrogens with zero attached hydrogens (tertiary/aromatic N) is 1. The number of carbonyl (C=O) groups is 3. The average molecular weight is 265 g/mol. The van der Waals surface area contributed by atoms with Crippen LogP contribution in [0.15, 0.2) is 12.2 Å². The molecule has 1 fully saturated rings. The molecule has 1 atom stereocenters. The number of hydrogen-bond donors (Lipinski definition) is 0. The third kappa shape index (κ3) is 2.69. The number of ether oxygens (including phenoxy) is 1. The van der Waals surface area contributed by atoms with Gasteiger partial charge in [0.15, 0.2) is 6.23 Å². The van der Waals surface area contributed by atoms with Gasteiger partial charge in [-0.3, -0.25) is 14.4 Å². The van der Waals surface area contributed by atoms with E-state index in [9.17, 15) is 27.6 Å². The number of esters is 1. The van der Waals surface area contributed by atoms with E-state index < -0.39 is 35.8 Å². The molecular formula is C10H10F3NO4. The standard InChI is InChI=1S/C10H10F3NO4/c1-3-8(16)18-7-4-6(15)14(7)9(17)5(2)10(11,12)13/h7H,2-4H2,1H3. The highest BCUT2D eigenvalue weighted by atomic mass is 19.4. The van der Waals surface area contributed by atoms with Crippen LogP contribution >= 0.6 is 0 Å². The lowest BCUT2D eigenvalue weighted by molar-refractivity contribution is -0.188. The second kappa shape index (κ2) is 4.79. The number of hydrogen-bond acceptors (Lipinski definition) is 4. The van der Waals surface area contributed by atoms with Crippen LogP contribution in [-0.4, -0.2) is 35.1 Å². The molecule has 0 radical (unpaired) electrons. The summed E-state index contributed by atoms with van der Waals surface area (Å²) >= 11 is 0. The highest BCUT2D eigenvalue weighted by Crippen LogP contribution is 2.30. The van der Waals surface area contributed by atoms with Crippen molar-refractivity contribution in [1.29, 1.82) is 0 Å². The van der Waals surface area contributed by atoms with E-state index in [1.807, 2.05) is 0 Å². The maximum Gasteiger partial charge on any atom is 0.421 e. The van der Waals surface area contributed by atoms with Gasteiger partial charge >= 0.3 is 12.1 Å². The highest BCUT2D eigenvalue weighted by Gasteiger charge is 2.49. The molecule has 1 unspecified atom stereocenters. The first-order valence-electron chi connectivity index (χ1n) is 5.00. The Balaban J connectivity index is 2.75. The van der Waals surface area contributed by atoms with E-state index in [-0.39, 0.29) is 17.7 Å². The van der Waals surface area contributed by atoms with Gasteiger partial charge in [-0.2, -0.15) is 13.2 Å². The molecule has 0 aromatic carbocycles. The quantitative estimate of drug-likeness (QED) is 0.436. The highest BCUT2D eigenvalue weighted by molar-refractivity contribution is 6.08. The summed E-state index contributed by atoms with van der Waals surface area (Å²) in [6.07, 6.45) is -6.50. The van der Waals surface area contributed by atoms with Crippen molar-refractivity contribution < 1.29 is 32.3 Å². The smallest absolute Gasteiger partial charge is 0.421 e. The predicted octanol–water partition coefficient (Wildman–Crippen LogP) is 1.14. The number of halogens is 3. The first kappa shape index (κ1) is 14.2. The molecule has 2 amide bonds. The average Bonchev–Trinajstić information content (AvgIpc) is 2.25. The molecule has 0 spiro atoms. The number of amides is 2. The summed E-state index contributed by atoms with van der Waals surface area (Å²) in [5.74, 6) is -3.13. The van der Waals surface area contributed by atoms with Crippen molar-refractivity contribution in [3.63, 3.8) is 0 Å². The fourth-order valence-electron chi connectivity index (χ4n) is 1.23. The minimum absolute atomic E-state index is 0.00701. The lowest BCUT2D eigenvalue weighted by Gasteiger charge is -2.37. The van der Waals surface area contributed by atoms with Gasteiger partial charge in [0.25, 0.3) is 5.91 Å². The van der Waals surface area contributed by atoms with Crippen molar-refractivity contribution >= 4 is 17.8 Å². The maximum atomic E-state index is 12.2. The van der Waals surface area contributed by atoms with Crippen LogP contribution in [0.25, 0.3) is 0 Å². The zero-order valence-electron chi connectivity index (χ0n) is 9.41. The Morgan fingerprint density at radius 2 is 2.06 bits per heavy atom. The van der Waals surface area contributed by atoms with Crippen LogP contribution in [-0.2, 0) is 19.1 Å². The van der Waals surface area contributed by atoms with E-state index >= 15 is 0 Å². The molecule has 0 aromatic rings. The lowest BCUT2D eigenvalue weighted by Crippen LogP contribution is -2.58. The van der Waals surface area contributed by atoms with E-state index in [4.69, 9.17) is 0 Å². The van der Waals surface area contributed by atoms with Crippen molar-refractivity contribution in [2.24, 2.45) is 0 Å². The second-order valence-electron chi connectivity index (χ2n) is 3.55. The normalized spacial score (nSPS) is 19.2. The Morgan fingerprint density at radius 3 is 2.44 bits per heavy atom. The Hall–Kier alpha value is -1.86. The number of alkyl halides is 3. The van der Waals surface area contributed by atoms with Crippen LogP contribution in [0.5, 0.6) is 0 Å². The van der Waals surface area contributed by atoms with Gasteiger partial charge < -0.3 is 4.74 Å². The molecule has 1 heterocycles. The van der Waals surface area contributed by atoms with Gasteiger partial charge in [-0.15, -0.1) is 0 Å². The Bertz CT molecular complexity index is 416. The molecule has 1 rings (SSSR count). The monoisotopic (exact) mass is 265 g/mol. The van der Waals surface area contributed by atoms with Crippen molar-refractivity contribution in [3.05, 3.63) is 12.2 Å². The fourth-order valence-corrected chi connectivity index (χ4v) is 1.23. The van der Waals surface area contributed by atoms with Gasteiger partial charge in [-0.1, -0.05) is 13.5 Å². The first-order valence-corrected chi connectivity index (χ1v) is 5.00. The van der Waals surface area contributed by atoms with Crippen molar-refractivity contribution in [3.8, 4) is 0 Å². The number of imide groups is 1. The summed E-state index contributed by atoms with van der Waals surface area (Å²) in [6, 6.07) is 0. The van der Waals surface area contributed by atoms with Gasteiger partial charge in [0.1, 0.15) is 5.57 Å². The van der Waals surface area contributed by atoms with E-state index in [2.05, 4.69) is 11.3 Å². The second-order valence-corrected chi connectivity index (χ2v) is 3.55. The topological polar surface area (TPSA) is 63.7 Å². The summed E-state index contributed by atoms with van der Waals surface area (Å²) in [5, 5.41) is 0. The summed E-state index contributed by atoms with van der Waals surface area (Å²) in [6.45, 7) is 4.06. The van der Waals surface area contributed by atoms with Gasteiger partial charge in [0, 0.05) is 6.42 Å². The largest absolute Gasteiger partial charge is 0.440 e. The molecular weight excluding hydrogens is 255 g/mol. The van der Waals surface area contributed by atoms with E-state index in [0.29, 0.717) is 0 Å². The minimum Gasteiger partial charge on any atom is -0.440 e. The Labute approximate surface area is 100 Å². The molecule has 0 N–H and O–H groups in total. The fraction of sp³-hybridized carbons (Fsp3) is 0.500. The predicted molar refractivity (Wildman–Crippen MR) is 51.8 cm³/mol. The van der Waals surface area contributed by atoms with Crippen LogP contribution < -0.4 is 0 Å². The minimum atomic E-state index is -4.92. The zero-order chi connectivity index (χ0) is 14.1. The molecule has 5 nitrogen and oxygen atoms in total. The van der Waals surface area contributed by atoms with Gasteiger partial charge in [0.05, 0.1) is 6.42 Å². The van der Waals surface area contributed by atoms with Crippen molar-refractivity contribution in [2.75, 3.05) is 0 Å². The van der Waals surface area contributed by atoms with Crippen LogP contribution in [0.3, 0.4) is 0 Å². The summed E-state index contributed by atoms with van der Waals surface area (Å²) < 4.78 is 41.4. The third-order valence-corrected chi connectivity index (χ3v) is 2.28. The Morgan fingerprint density at radius 1 is 1.50 bits per heavy atom. The van der Waals surface area contributed by atoms with Crippen molar-refractivity contribution in [1.82, 2.24) is 4.90 Å².